The number of aliphatic hydroxyl groups is 1. The number of carbonyl (C=O) groups excluding carboxylic acids is 2. The number of ether oxygens (including phenoxy) is 1. The molecule has 3 atom stereocenters. The number of aliphatic carboxylic acids is 1. The van der Waals surface area contributed by atoms with Crippen molar-refractivity contribution >= 4 is 23.7 Å². The van der Waals surface area contributed by atoms with Gasteiger partial charge in [-0.15, -0.1) is 0 Å². The van der Waals surface area contributed by atoms with E-state index in [4.69, 9.17) is 4.74 Å². The van der Waals surface area contributed by atoms with Crippen molar-refractivity contribution in [1.82, 2.24) is 4.90 Å². The summed E-state index contributed by atoms with van der Waals surface area (Å²) in [6.07, 6.45) is -1.33. The van der Waals surface area contributed by atoms with Crippen LogP contribution >= 0.6 is 0 Å². The summed E-state index contributed by atoms with van der Waals surface area (Å²) in [5.74, 6) is -3.54. The van der Waals surface area contributed by atoms with Crippen LogP contribution in [0.5, 0.6) is 0 Å². The largest absolute Gasteiger partial charge is 0.481 e. The van der Waals surface area contributed by atoms with Crippen molar-refractivity contribution in [3.8, 4) is 0 Å². The van der Waals surface area contributed by atoms with Crippen LogP contribution in [0, 0.1) is 11.8 Å². The summed E-state index contributed by atoms with van der Waals surface area (Å²) in [5, 5.41) is 21.8. The standard InChI is InChI=1S/C19H26N2O6/c1-11(22)12-6-5-7-13(8-12)20-16(23)14-9-21(10-15(14)17(24)25)18(26)27-19(2,3)4/h5-8,11,14-15,22H,9-10H2,1-4H3,(H,20,23)(H,24,25)/t11?,14-,15+/m1/s1. The smallest absolute Gasteiger partial charge is 0.410 e. The van der Waals surface area contributed by atoms with Gasteiger partial charge in [-0.1, -0.05) is 12.1 Å². The number of rotatable bonds is 4. The summed E-state index contributed by atoms with van der Waals surface area (Å²) in [4.78, 5) is 37.7. The fraction of sp³-hybridized carbons (Fsp3) is 0.526. The van der Waals surface area contributed by atoms with Gasteiger partial charge in [0.25, 0.3) is 0 Å². The highest BCUT2D eigenvalue weighted by molar-refractivity contribution is 5.96. The molecule has 3 N–H and O–H groups in total. The molecule has 2 amide bonds. The minimum Gasteiger partial charge on any atom is -0.481 e. The van der Waals surface area contributed by atoms with Gasteiger partial charge >= 0.3 is 12.1 Å². The van der Waals surface area contributed by atoms with E-state index in [2.05, 4.69) is 5.32 Å². The summed E-state index contributed by atoms with van der Waals surface area (Å²) in [5.41, 5.74) is 0.375. The van der Waals surface area contributed by atoms with E-state index in [0.29, 0.717) is 11.3 Å². The molecule has 1 aliphatic heterocycles. The molecule has 0 radical (unpaired) electrons. The highest BCUT2D eigenvalue weighted by Gasteiger charge is 2.44. The summed E-state index contributed by atoms with van der Waals surface area (Å²) in [7, 11) is 0. The van der Waals surface area contributed by atoms with Crippen LogP contribution in [0.2, 0.25) is 0 Å². The Bertz CT molecular complexity index is 725. The van der Waals surface area contributed by atoms with E-state index in [1.807, 2.05) is 0 Å². The fourth-order valence-corrected chi connectivity index (χ4v) is 2.91. The lowest BCUT2D eigenvalue weighted by molar-refractivity contribution is -0.144. The normalized spacial score (nSPS) is 20.9. The van der Waals surface area contributed by atoms with Crippen molar-refractivity contribution < 1.29 is 29.3 Å². The number of benzene rings is 1. The van der Waals surface area contributed by atoms with Crippen LogP contribution in [-0.4, -0.2) is 51.8 Å². The number of aliphatic hydroxyl groups excluding tert-OH is 1. The van der Waals surface area contributed by atoms with E-state index >= 15 is 0 Å². The molecule has 8 heteroatoms. The Kier molecular flexibility index (Phi) is 6.10. The van der Waals surface area contributed by atoms with Crippen molar-refractivity contribution in [2.45, 2.75) is 39.4 Å². The zero-order chi connectivity index (χ0) is 20.4. The molecule has 148 valence electrons. The Morgan fingerprint density at radius 1 is 1.22 bits per heavy atom. The zero-order valence-electron chi connectivity index (χ0n) is 15.9. The van der Waals surface area contributed by atoms with Gasteiger partial charge in [0, 0.05) is 18.8 Å². The topological polar surface area (TPSA) is 116 Å². The number of amides is 2. The van der Waals surface area contributed by atoms with Gasteiger partial charge in [-0.3, -0.25) is 9.59 Å². The van der Waals surface area contributed by atoms with Crippen molar-refractivity contribution in [2.75, 3.05) is 18.4 Å². The molecule has 1 aromatic carbocycles. The Morgan fingerprint density at radius 2 is 1.85 bits per heavy atom. The van der Waals surface area contributed by atoms with Gasteiger partial charge in [-0.05, 0) is 45.4 Å². The number of carboxylic acid groups (broad SMARTS) is 1. The number of likely N-dealkylation sites (tertiary alicyclic amines) is 1. The molecule has 0 bridgehead atoms. The van der Waals surface area contributed by atoms with Gasteiger partial charge < -0.3 is 25.2 Å². The van der Waals surface area contributed by atoms with Gasteiger partial charge in [-0.2, -0.15) is 0 Å². The van der Waals surface area contributed by atoms with E-state index in [9.17, 15) is 24.6 Å². The van der Waals surface area contributed by atoms with Gasteiger partial charge in [0.1, 0.15) is 5.60 Å². The second-order valence-electron chi connectivity index (χ2n) is 7.73. The minimum atomic E-state index is -1.14. The molecule has 1 aliphatic rings. The summed E-state index contributed by atoms with van der Waals surface area (Å²) < 4.78 is 5.27. The first-order valence-corrected chi connectivity index (χ1v) is 8.77. The number of hydrogen-bond acceptors (Lipinski definition) is 5. The van der Waals surface area contributed by atoms with Crippen LogP contribution in [0.25, 0.3) is 0 Å². The molecular weight excluding hydrogens is 352 g/mol. The van der Waals surface area contributed by atoms with E-state index in [0.717, 1.165) is 0 Å². The van der Waals surface area contributed by atoms with Crippen LogP contribution in [0.1, 0.15) is 39.4 Å². The van der Waals surface area contributed by atoms with Crippen LogP contribution in [0.4, 0.5) is 10.5 Å². The molecule has 0 saturated carbocycles. The number of nitrogens with zero attached hydrogens (tertiary/aromatic N) is 1. The van der Waals surface area contributed by atoms with Gasteiger partial charge in [-0.25, -0.2) is 4.79 Å². The van der Waals surface area contributed by atoms with Crippen molar-refractivity contribution in [3.05, 3.63) is 29.8 Å². The third kappa shape index (κ3) is 5.43. The van der Waals surface area contributed by atoms with Crippen LogP contribution in [0.15, 0.2) is 24.3 Å². The first-order valence-electron chi connectivity index (χ1n) is 8.77. The number of hydrogen-bond donors (Lipinski definition) is 3. The van der Waals surface area contributed by atoms with Gasteiger partial charge in [0.05, 0.1) is 17.9 Å². The molecule has 2 rings (SSSR count). The minimum absolute atomic E-state index is 0.0339. The Morgan fingerprint density at radius 3 is 2.41 bits per heavy atom. The van der Waals surface area contributed by atoms with Crippen molar-refractivity contribution in [2.24, 2.45) is 11.8 Å². The summed E-state index contributed by atoms with van der Waals surface area (Å²) in [6, 6.07) is 6.69. The number of carbonyl (C=O) groups is 3. The maximum absolute atomic E-state index is 12.6. The lowest BCUT2D eigenvalue weighted by Gasteiger charge is -2.24. The Labute approximate surface area is 158 Å². The monoisotopic (exact) mass is 378 g/mol. The van der Waals surface area contributed by atoms with Crippen LogP contribution < -0.4 is 5.32 Å². The molecular formula is C19H26N2O6. The average molecular weight is 378 g/mol. The molecule has 1 saturated heterocycles. The van der Waals surface area contributed by atoms with Gasteiger partial charge in [0.2, 0.25) is 5.91 Å². The molecule has 0 spiro atoms. The summed E-state index contributed by atoms with van der Waals surface area (Å²) in [6.45, 7) is 6.64. The SMILES string of the molecule is CC(O)c1cccc(NC(=O)[C@@H]2CN(C(=O)OC(C)(C)C)C[C@@H]2C(=O)O)c1. The summed E-state index contributed by atoms with van der Waals surface area (Å²) >= 11 is 0. The van der Waals surface area contributed by atoms with E-state index in [1.165, 1.54) is 4.90 Å². The first kappa shape index (κ1) is 20.7. The van der Waals surface area contributed by atoms with Crippen molar-refractivity contribution in [3.63, 3.8) is 0 Å². The number of carboxylic acids is 1. The maximum atomic E-state index is 12.6. The third-order valence-electron chi connectivity index (χ3n) is 4.26. The maximum Gasteiger partial charge on any atom is 0.410 e. The Hall–Kier alpha value is -2.61. The molecule has 8 nitrogen and oxygen atoms in total. The lowest BCUT2D eigenvalue weighted by atomic mass is 9.95. The predicted octanol–water partition coefficient (Wildman–Crippen LogP) is 2.25. The quantitative estimate of drug-likeness (QED) is 0.740. The molecule has 1 unspecified atom stereocenters. The highest BCUT2D eigenvalue weighted by atomic mass is 16.6. The van der Waals surface area contributed by atoms with E-state index in [1.54, 1.807) is 52.0 Å². The molecule has 1 heterocycles. The van der Waals surface area contributed by atoms with Crippen LogP contribution in [0.3, 0.4) is 0 Å². The molecule has 27 heavy (non-hydrogen) atoms. The lowest BCUT2D eigenvalue weighted by Crippen LogP contribution is -2.36. The molecule has 1 aromatic rings. The van der Waals surface area contributed by atoms with Gasteiger partial charge in [0.15, 0.2) is 0 Å². The number of nitrogens with one attached hydrogen (secondary N) is 1. The predicted molar refractivity (Wildman–Crippen MR) is 98.1 cm³/mol. The molecule has 1 fully saturated rings. The zero-order valence-corrected chi connectivity index (χ0v) is 15.9. The van der Waals surface area contributed by atoms with Crippen LogP contribution in [-0.2, 0) is 14.3 Å². The fourth-order valence-electron chi connectivity index (χ4n) is 2.91. The Balaban J connectivity index is 2.12. The molecule has 0 aliphatic carbocycles. The third-order valence-corrected chi connectivity index (χ3v) is 4.26. The van der Waals surface area contributed by atoms with E-state index in [-0.39, 0.29) is 13.1 Å². The molecule has 0 aromatic heterocycles. The average Bonchev–Trinajstić information content (AvgIpc) is 2.99. The van der Waals surface area contributed by atoms with E-state index < -0.39 is 41.5 Å². The highest BCUT2D eigenvalue weighted by Crippen LogP contribution is 2.27. The first-order chi connectivity index (χ1) is 12.5. The van der Waals surface area contributed by atoms with Crippen molar-refractivity contribution in [1.29, 1.82) is 0 Å². The number of anilines is 1. The second kappa shape index (κ2) is 7.96. The second-order valence-corrected chi connectivity index (χ2v) is 7.73.